The van der Waals surface area contributed by atoms with Gasteiger partial charge < -0.3 is 4.74 Å². The maximum absolute atomic E-state index is 10.6. The van der Waals surface area contributed by atoms with Crippen LogP contribution in [0.25, 0.3) is 0 Å². The smallest absolute Gasteiger partial charge is 0.272 e. The molecule has 0 aromatic heterocycles. The fourth-order valence-electron chi connectivity index (χ4n) is 1.49. The largest absolute Gasteiger partial charge is 0.491 e. The zero-order chi connectivity index (χ0) is 13.5. The number of hydrogen-bond donors (Lipinski definition) is 1. The van der Waals surface area contributed by atoms with Gasteiger partial charge in [-0.25, -0.2) is 0 Å². The lowest BCUT2D eigenvalue weighted by atomic mass is 10.2. The minimum absolute atomic E-state index is 0.0610. The van der Waals surface area contributed by atoms with Crippen LogP contribution in [0, 0.1) is 28.4 Å². The van der Waals surface area contributed by atoms with E-state index >= 15 is 0 Å². The summed E-state index contributed by atoms with van der Waals surface area (Å²) in [7, 11) is 0. The molecule has 96 valence electrons. The van der Waals surface area contributed by atoms with Crippen molar-refractivity contribution in [3.8, 4) is 11.8 Å². The molecule has 0 fully saturated rings. The van der Waals surface area contributed by atoms with Gasteiger partial charge in [0.1, 0.15) is 18.4 Å². The topological polar surface area (TPSA) is 88.2 Å². The van der Waals surface area contributed by atoms with Gasteiger partial charge in [-0.3, -0.25) is 15.4 Å². The zero-order valence-corrected chi connectivity index (χ0v) is 10.3. The SMILES string of the molecule is CCNC(C#N)COc1ccc([N+](=O)[O-])c(C)c1. The van der Waals surface area contributed by atoms with Crippen molar-refractivity contribution in [2.45, 2.75) is 19.9 Å². The molecule has 0 aliphatic carbocycles. The third-order valence-corrected chi connectivity index (χ3v) is 2.39. The van der Waals surface area contributed by atoms with Crippen LogP contribution in [-0.4, -0.2) is 24.1 Å². The van der Waals surface area contributed by atoms with E-state index in [2.05, 4.69) is 11.4 Å². The monoisotopic (exact) mass is 249 g/mol. The third-order valence-electron chi connectivity index (χ3n) is 2.39. The molecule has 0 aliphatic rings. The molecule has 1 aromatic carbocycles. The quantitative estimate of drug-likeness (QED) is 0.613. The lowest BCUT2D eigenvalue weighted by molar-refractivity contribution is -0.385. The minimum Gasteiger partial charge on any atom is -0.491 e. The normalized spacial score (nSPS) is 11.6. The first-order valence-corrected chi connectivity index (χ1v) is 5.59. The Bertz CT molecular complexity index is 468. The molecule has 0 amide bonds. The van der Waals surface area contributed by atoms with E-state index in [1.165, 1.54) is 12.1 Å². The van der Waals surface area contributed by atoms with Crippen LogP contribution < -0.4 is 10.1 Å². The first-order valence-electron chi connectivity index (χ1n) is 5.59. The molecule has 0 saturated carbocycles. The summed E-state index contributed by atoms with van der Waals surface area (Å²) >= 11 is 0. The van der Waals surface area contributed by atoms with Gasteiger partial charge in [0, 0.05) is 11.6 Å². The second kappa shape index (κ2) is 6.57. The second-order valence-corrected chi connectivity index (χ2v) is 3.76. The van der Waals surface area contributed by atoms with E-state index in [0.717, 1.165) is 0 Å². The average molecular weight is 249 g/mol. The van der Waals surface area contributed by atoms with Gasteiger partial charge in [0.2, 0.25) is 0 Å². The van der Waals surface area contributed by atoms with Gasteiger partial charge in [0.15, 0.2) is 0 Å². The van der Waals surface area contributed by atoms with Gasteiger partial charge >= 0.3 is 0 Å². The van der Waals surface area contributed by atoms with E-state index < -0.39 is 4.92 Å². The molecule has 1 rings (SSSR count). The molecule has 1 atom stereocenters. The van der Waals surface area contributed by atoms with E-state index in [4.69, 9.17) is 10.00 Å². The standard InChI is InChI=1S/C12H15N3O3/c1-3-14-10(7-13)8-18-11-4-5-12(15(16)17)9(2)6-11/h4-6,10,14H,3,8H2,1-2H3. The highest BCUT2D eigenvalue weighted by Crippen LogP contribution is 2.22. The highest BCUT2D eigenvalue weighted by atomic mass is 16.6. The summed E-state index contributed by atoms with van der Waals surface area (Å²) in [5.74, 6) is 0.524. The first-order chi connectivity index (χ1) is 8.58. The predicted molar refractivity (Wildman–Crippen MR) is 66.4 cm³/mol. The Morgan fingerprint density at radius 2 is 2.33 bits per heavy atom. The molecule has 0 bridgehead atoms. The lowest BCUT2D eigenvalue weighted by Crippen LogP contribution is -2.32. The van der Waals surface area contributed by atoms with E-state index in [1.807, 2.05) is 6.92 Å². The molecule has 0 spiro atoms. The van der Waals surface area contributed by atoms with Gasteiger partial charge in [0.25, 0.3) is 5.69 Å². The van der Waals surface area contributed by atoms with Gasteiger partial charge in [-0.15, -0.1) is 0 Å². The summed E-state index contributed by atoms with van der Waals surface area (Å²) in [6.45, 7) is 4.44. The van der Waals surface area contributed by atoms with Crippen LogP contribution in [0.5, 0.6) is 5.75 Å². The van der Waals surface area contributed by atoms with Crippen LogP contribution in [0.4, 0.5) is 5.69 Å². The van der Waals surface area contributed by atoms with E-state index in [9.17, 15) is 10.1 Å². The van der Waals surface area contributed by atoms with Crippen molar-refractivity contribution in [2.24, 2.45) is 0 Å². The molecule has 1 N–H and O–H groups in total. The van der Waals surface area contributed by atoms with Gasteiger partial charge in [-0.2, -0.15) is 5.26 Å². The number of nitriles is 1. The van der Waals surface area contributed by atoms with E-state index in [-0.39, 0.29) is 18.3 Å². The average Bonchev–Trinajstić information content (AvgIpc) is 2.34. The molecule has 0 heterocycles. The number of ether oxygens (including phenoxy) is 1. The summed E-state index contributed by atoms with van der Waals surface area (Å²) in [6, 6.07) is 6.22. The van der Waals surface area contributed by atoms with Crippen LogP contribution in [0.2, 0.25) is 0 Å². The highest BCUT2D eigenvalue weighted by Gasteiger charge is 2.12. The molecule has 6 heteroatoms. The summed E-state index contributed by atoms with van der Waals surface area (Å²) < 4.78 is 5.42. The van der Waals surface area contributed by atoms with Crippen molar-refractivity contribution in [3.05, 3.63) is 33.9 Å². The number of rotatable bonds is 6. The number of aryl methyl sites for hydroxylation is 1. The molecule has 0 saturated heterocycles. The third kappa shape index (κ3) is 3.71. The Labute approximate surface area is 105 Å². The number of likely N-dealkylation sites (N-methyl/N-ethyl adjacent to an activating group) is 1. The van der Waals surface area contributed by atoms with Gasteiger partial charge in [-0.05, 0) is 25.6 Å². The van der Waals surface area contributed by atoms with Crippen molar-refractivity contribution < 1.29 is 9.66 Å². The Morgan fingerprint density at radius 1 is 1.61 bits per heavy atom. The van der Waals surface area contributed by atoms with E-state index in [0.29, 0.717) is 17.9 Å². The van der Waals surface area contributed by atoms with Crippen molar-refractivity contribution >= 4 is 5.69 Å². The lowest BCUT2D eigenvalue weighted by Gasteiger charge is -2.11. The molecule has 1 unspecified atom stereocenters. The molecular formula is C12H15N3O3. The summed E-state index contributed by atoms with van der Waals surface area (Å²) in [5, 5.41) is 22.4. The molecule has 0 aliphatic heterocycles. The van der Waals surface area contributed by atoms with Crippen LogP contribution in [-0.2, 0) is 0 Å². The van der Waals surface area contributed by atoms with Gasteiger partial charge in [-0.1, -0.05) is 6.92 Å². The first kappa shape index (κ1) is 13.9. The summed E-state index contributed by atoms with van der Waals surface area (Å²) in [5.41, 5.74) is 0.598. The van der Waals surface area contributed by atoms with Crippen molar-refractivity contribution in [1.29, 1.82) is 5.26 Å². The molecule has 0 radical (unpaired) electrons. The number of hydrogen-bond acceptors (Lipinski definition) is 5. The predicted octanol–water partition coefficient (Wildman–Crippen LogP) is 1.78. The Hall–Kier alpha value is -2.13. The summed E-state index contributed by atoms with van der Waals surface area (Å²) in [4.78, 5) is 10.2. The minimum atomic E-state index is -0.435. The fraction of sp³-hybridized carbons (Fsp3) is 0.417. The molecular weight excluding hydrogens is 234 g/mol. The number of nitro groups is 1. The van der Waals surface area contributed by atoms with Crippen molar-refractivity contribution in [3.63, 3.8) is 0 Å². The zero-order valence-electron chi connectivity index (χ0n) is 10.3. The molecule has 18 heavy (non-hydrogen) atoms. The van der Waals surface area contributed by atoms with Crippen LogP contribution in [0.3, 0.4) is 0 Å². The number of nitrogens with zero attached hydrogens (tertiary/aromatic N) is 2. The summed E-state index contributed by atoms with van der Waals surface area (Å²) in [6.07, 6.45) is 0. The Morgan fingerprint density at radius 3 is 2.83 bits per heavy atom. The second-order valence-electron chi connectivity index (χ2n) is 3.76. The van der Waals surface area contributed by atoms with Crippen LogP contribution in [0.15, 0.2) is 18.2 Å². The maximum atomic E-state index is 10.6. The molecule has 6 nitrogen and oxygen atoms in total. The number of nitrogens with one attached hydrogen (secondary N) is 1. The van der Waals surface area contributed by atoms with Crippen LogP contribution in [0.1, 0.15) is 12.5 Å². The highest BCUT2D eigenvalue weighted by molar-refractivity contribution is 5.44. The number of nitro benzene ring substituents is 1. The molecule has 1 aromatic rings. The number of benzene rings is 1. The fourth-order valence-corrected chi connectivity index (χ4v) is 1.49. The maximum Gasteiger partial charge on any atom is 0.272 e. The van der Waals surface area contributed by atoms with Gasteiger partial charge in [0.05, 0.1) is 11.0 Å². The van der Waals surface area contributed by atoms with Crippen LogP contribution >= 0.6 is 0 Å². The van der Waals surface area contributed by atoms with Crippen molar-refractivity contribution in [1.82, 2.24) is 5.32 Å². The Kier molecular flexibility index (Phi) is 5.08. The Balaban J connectivity index is 2.67. The van der Waals surface area contributed by atoms with Crippen molar-refractivity contribution in [2.75, 3.05) is 13.2 Å². The van der Waals surface area contributed by atoms with E-state index in [1.54, 1.807) is 13.0 Å².